The van der Waals surface area contributed by atoms with E-state index in [1.165, 1.54) is 6.07 Å². The number of hydrogen-bond acceptors (Lipinski definition) is 3. The SMILES string of the molecule is CN(C)CCN(c1cc(Cl)c(Cl)cc1Cl)C(C(=O)O)c1ccccc1Cl. The maximum absolute atomic E-state index is 12.2. The molecule has 2 rings (SSSR count). The lowest BCUT2D eigenvalue weighted by Crippen LogP contribution is -2.39. The molecule has 0 bridgehead atoms. The monoisotopic (exact) mass is 434 g/mol. The van der Waals surface area contributed by atoms with E-state index in [-0.39, 0.29) is 0 Å². The molecule has 1 N–H and O–H groups in total. The number of rotatable bonds is 7. The number of halogens is 4. The maximum atomic E-state index is 12.2. The number of carboxylic acid groups (broad SMARTS) is 1. The Bertz CT molecular complexity index is 799. The van der Waals surface area contributed by atoms with E-state index in [1.54, 1.807) is 35.2 Å². The minimum Gasteiger partial charge on any atom is -0.479 e. The number of carboxylic acids is 1. The van der Waals surface area contributed by atoms with Gasteiger partial charge in [-0.05, 0) is 32.3 Å². The number of benzene rings is 2. The van der Waals surface area contributed by atoms with Crippen LogP contribution in [0, 0.1) is 0 Å². The highest BCUT2D eigenvalue weighted by atomic mass is 35.5. The summed E-state index contributed by atoms with van der Waals surface area (Å²) >= 11 is 24.8. The Balaban J connectivity index is 2.60. The predicted octanol–water partition coefficient (Wildman–Crippen LogP) is 5.49. The Labute approximate surface area is 172 Å². The zero-order valence-electron chi connectivity index (χ0n) is 14.2. The fraction of sp³-hybridized carbons (Fsp3) is 0.278. The second-order valence-corrected chi connectivity index (χ2v) is 7.61. The molecular weight excluding hydrogens is 418 g/mol. The number of nitrogens with zero attached hydrogens (tertiary/aromatic N) is 2. The summed E-state index contributed by atoms with van der Waals surface area (Å²) in [6.07, 6.45) is 0. The third kappa shape index (κ3) is 4.96. The van der Waals surface area contributed by atoms with Gasteiger partial charge in [0.25, 0.3) is 0 Å². The third-order valence-corrected chi connectivity index (χ3v) is 5.20. The average molecular weight is 436 g/mol. The van der Waals surface area contributed by atoms with Crippen LogP contribution < -0.4 is 4.90 Å². The first kappa shape index (κ1) is 21.1. The summed E-state index contributed by atoms with van der Waals surface area (Å²) in [6, 6.07) is 8.91. The van der Waals surface area contributed by atoms with Crippen LogP contribution in [0.25, 0.3) is 0 Å². The molecule has 8 heteroatoms. The van der Waals surface area contributed by atoms with Crippen molar-refractivity contribution >= 4 is 58.1 Å². The zero-order chi connectivity index (χ0) is 19.4. The molecule has 1 atom stereocenters. The number of carbonyl (C=O) groups is 1. The molecule has 0 aromatic heterocycles. The second kappa shape index (κ2) is 9.16. The van der Waals surface area contributed by atoms with Crippen molar-refractivity contribution in [2.75, 3.05) is 32.1 Å². The lowest BCUT2D eigenvalue weighted by Gasteiger charge is -2.33. The van der Waals surface area contributed by atoms with Crippen molar-refractivity contribution in [2.45, 2.75) is 6.04 Å². The van der Waals surface area contributed by atoms with Crippen LogP contribution in [0.2, 0.25) is 20.1 Å². The number of likely N-dealkylation sites (N-methyl/N-ethyl adjacent to an activating group) is 1. The van der Waals surface area contributed by atoms with Crippen molar-refractivity contribution in [3.63, 3.8) is 0 Å². The summed E-state index contributed by atoms with van der Waals surface area (Å²) in [5, 5.41) is 11.2. The molecule has 0 aliphatic heterocycles. The Morgan fingerprint density at radius 1 is 0.962 bits per heavy atom. The predicted molar refractivity (Wildman–Crippen MR) is 109 cm³/mol. The molecule has 2 aromatic carbocycles. The highest BCUT2D eigenvalue weighted by Crippen LogP contribution is 2.39. The highest BCUT2D eigenvalue weighted by molar-refractivity contribution is 6.44. The Morgan fingerprint density at radius 3 is 2.15 bits per heavy atom. The van der Waals surface area contributed by atoms with E-state index in [0.717, 1.165) is 0 Å². The van der Waals surface area contributed by atoms with Crippen LogP contribution in [0.1, 0.15) is 11.6 Å². The molecule has 0 saturated heterocycles. The van der Waals surface area contributed by atoms with E-state index in [2.05, 4.69) is 0 Å². The van der Waals surface area contributed by atoms with Gasteiger partial charge in [-0.25, -0.2) is 4.79 Å². The molecule has 0 heterocycles. The van der Waals surface area contributed by atoms with Crippen LogP contribution in [0.15, 0.2) is 36.4 Å². The molecular formula is C18H18Cl4N2O2. The topological polar surface area (TPSA) is 43.8 Å². The standard InChI is InChI=1S/C18H18Cl4N2O2/c1-23(2)7-8-24(16-10-14(21)13(20)9-15(16)22)17(18(25)26)11-5-3-4-6-12(11)19/h3-6,9-10,17H,7-8H2,1-2H3,(H,25,26). The number of hydrogen-bond donors (Lipinski definition) is 1. The molecule has 0 saturated carbocycles. The quantitative estimate of drug-likeness (QED) is 0.583. The van der Waals surface area contributed by atoms with Crippen molar-refractivity contribution < 1.29 is 9.90 Å². The molecule has 26 heavy (non-hydrogen) atoms. The van der Waals surface area contributed by atoms with Gasteiger partial charge in [0.2, 0.25) is 0 Å². The van der Waals surface area contributed by atoms with E-state index in [4.69, 9.17) is 46.4 Å². The summed E-state index contributed by atoms with van der Waals surface area (Å²) in [6.45, 7) is 0.998. The largest absolute Gasteiger partial charge is 0.479 e. The van der Waals surface area contributed by atoms with Crippen LogP contribution >= 0.6 is 46.4 Å². The first-order valence-corrected chi connectivity index (χ1v) is 9.26. The van der Waals surface area contributed by atoms with Gasteiger partial charge >= 0.3 is 5.97 Å². The van der Waals surface area contributed by atoms with Gasteiger partial charge in [-0.15, -0.1) is 0 Å². The molecule has 0 aliphatic carbocycles. The van der Waals surface area contributed by atoms with Crippen LogP contribution in [-0.2, 0) is 4.79 Å². The van der Waals surface area contributed by atoms with E-state index in [0.29, 0.717) is 44.4 Å². The third-order valence-electron chi connectivity index (χ3n) is 3.83. The molecule has 4 nitrogen and oxygen atoms in total. The molecule has 0 fully saturated rings. The van der Waals surface area contributed by atoms with Gasteiger partial charge in [0.1, 0.15) is 0 Å². The first-order valence-electron chi connectivity index (χ1n) is 7.75. The number of aliphatic carboxylic acids is 1. The van der Waals surface area contributed by atoms with Gasteiger partial charge in [-0.3, -0.25) is 0 Å². The van der Waals surface area contributed by atoms with Gasteiger partial charge in [-0.2, -0.15) is 0 Å². The number of anilines is 1. The van der Waals surface area contributed by atoms with Gasteiger partial charge in [0, 0.05) is 23.7 Å². The smallest absolute Gasteiger partial charge is 0.331 e. The van der Waals surface area contributed by atoms with Crippen molar-refractivity contribution in [1.82, 2.24) is 4.90 Å². The summed E-state index contributed by atoms with van der Waals surface area (Å²) in [4.78, 5) is 15.8. The molecule has 140 valence electrons. The van der Waals surface area contributed by atoms with Crippen molar-refractivity contribution in [2.24, 2.45) is 0 Å². The molecule has 0 radical (unpaired) electrons. The fourth-order valence-corrected chi connectivity index (χ4v) is 3.45. The van der Waals surface area contributed by atoms with Crippen molar-refractivity contribution in [1.29, 1.82) is 0 Å². The van der Waals surface area contributed by atoms with Crippen LogP contribution in [0.4, 0.5) is 5.69 Å². The van der Waals surface area contributed by atoms with E-state index in [9.17, 15) is 9.90 Å². The molecule has 1 unspecified atom stereocenters. The molecule has 0 spiro atoms. The summed E-state index contributed by atoms with van der Waals surface area (Å²) in [7, 11) is 3.81. The van der Waals surface area contributed by atoms with Gasteiger partial charge in [-0.1, -0.05) is 64.6 Å². The van der Waals surface area contributed by atoms with Crippen molar-refractivity contribution in [3.05, 3.63) is 62.1 Å². The van der Waals surface area contributed by atoms with Crippen LogP contribution in [-0.4, -0.2) is 43.2 Å². The molecule has 0 amide bonds. The Kier molecular flexibility index (Phi) is 7.44. The Morgan fingerprint density at radius 2 is 1.58 bits per heavy atom. The van der Waals surface area contributed by atoms with Crippen molar-refractivity contribution in [3.8, 4) is 0 Å². The van der Waals surface area contributed by atoms with E-state index in [1.807, 2.05) is 19.0 Å². The zero-order valence-corrected chi connectivity index (χ0v) is 17.2. The van der Waals surface area contributed by atoms with Crippen LogP contribution in [0.3, 0.4) is 0 Å². The highest BCUT2D eigenvalue weighted by Gasteiger charge is 2.31. The minimum absolute atomic E-state index is 0.296. The molecule has 0 aliphatic rings. The van der Waals surface area contributed by atoms with E-state index < -0.39 is 12.0 Å². The Hall–Kier alpha value is -1.17. The van der Waals surface area contributed by atoms with E-state index >= 15 is 0 Å². The first-order chi connectivity index (χ1) is 12.2. The second-order valence-electron chi connectivity index (χ2n) is 5.98. The summed E-state index contributed by atoms with van der Waals surface area (Å²) in [5.74, 6) is -1.04. The lowest BCUT2D eigenvalue weighted by molar-refractivity contribution is -0.138. The minimum atomic E-state index is -1.04. The fourth-order valence-electron chi connectivity index (χ4n) is 2.56. The van der Waals surface area contributed by atoms with Gasteiger partial charge < -0.3 is 14.9 Å². The van der Waals surface area contributed by atoms with Crippen LogP contribution in [0.5, 0.6) is 0 Å². The average Bonchev–Trinajstić information content (AvgIpc) is 2.56. The summed E-state index contributed by atoms with van der Waals surface area (Å²) in [5.41, 5.74) is 0.956. The normalized spacial score (nSPS) is 12.3. The van der Waals surface area contributed by atoms with Gasteiger partial charge in [0.05, 0.1) is 20.8 Å². The summed E-state index contributed by atoms with van der Waals surface area (Å²) < 4.78 is 0. The molecule has 2 aromatic rings. The lowest BCUT2D eigenvalue weighted by atomic mass is 10.0. The van der Waals surface area contributed by atoms with Gasteiger partial charge in [0.15, 0.2) is 6.04 Å². The maximum Gasteiger partial charge on any atom is 0.331 e.